The number of carbonyl (C=O) groups is 1. The molecule has 1 atom stereocenters. The van der Waals surface area contributed by atoms with Gasteiger partial charge < -0.3 is 14.2 Å². The molecule has 0 bridgehead atoms. The van der Waals surface area contributed by atoms with Crippen LogP contribution >= 0.6 is 27.3 Å². The molecule has 0 spiro atoms. The molecular formula is C31H35BrN2O5S. The van der Waals surface area contributed by atoms with Gasteiger partial charge in [-0.25, -0.2) is 9.79 Å². The zero-order valence-corrected chi connectivity index (χ0v) is 26.4. The van der Waals surface area contributed by atoms with Gasteiger partial charge >= 0.3 is 5.97 Å². The zero-order valence-electron chi connectivity index (χ0n) is 24.0. The van der Waals surface area contributed by atoms with Gasteiger partial charge in [-0.2, -0.15) is 0 Å². The van der Waals surface area contributed by atoms with E-state index in [4.69, 9.17) is 19.2 Å². The molecule has 0 aliphatic carbocycles. The van der Waals surface area contributed by atoms with E-state index >= 15 is 0 Å². The van der Waals surface area contributed by atoms with Crippen molar-refractivity contribution in [2.75, 3.05) is 20.8 Å². The van der Waals surface area contributed by atoms with Crippen molar-refractivity contribution in [3.05, 3.63) is 88.0 Å². The molecule has 0 N–H and O–H groups in total. The Morgan fingerprint density at radius 2 is 1.88 bits per heavy atom. The quantitative estimate of drug-likeness (QED) is 0.281. The number of aromatic nitrogens is 1. The lowest BCUT2D eigenvalue weighted by Gasteiger charge is -2.26. The maximum Gasteiger partial charge on any atom is 0.338 e. The van der Waals surface area contributed by atoms with Gasteiger partial charge in [-0.1, -0.05) is 44.6 Å². The van der Waals surface area contributed by atoms with Crippen molar-refractivity contribution in [2.45, 2.75) is 59.4 Å². The Kier molecular flexibility index (Phi) is 9.36. The number of carbonyl (C=O) groups excluding carboxylic acids is 1. The molecule has 2 aromatic carbocycles. The molecular weight excluding hydrogens is 592 g/mol. The molecule has 3 aromatic rings. The topological polar surface area (TPSA) is 79.1 Å². The molecule has 0 saturated carbocycles. The van der Waals surface area contributed by atoms with Crippen LogP contribution in [-0.2, 0) is 9.53 Å². The smallest absolute Gasteiger partial charge is 0.338 e. The van der Waals surface area contributed by atoms with E-state index in [0.717, 1.165) is 38.9 Å². The highest BCUT2D eigenvalue weighted by molar-refractivity contribution is 9.10. The summed E-state index contributed by atoms with van der Waals surface area (Å²) in [6.07, 6.45) is 3.29. The van der Waals surface area contributed by atoms with Crippen LogP contribution in [0.3, 0.4) is 0 Å². The van der Waals surface area contributed by atoms with Crippen molar-refractivity contribution < 1.29 is 19.0 Å². The van der Waals surface area contributed by atoms with Crippen LogP contribution in [0.15, 0.2) is 55.9 Å². The van der Waals surface area contributed by atoms with Gasteiger partial charge in [0.1, 0.15) is 11.5 Å². The minimum Gasteiger partial charge on any atom is -0.496 e. The summed E-state index contributed by atoms with van der Waals surface area (Å²) in [4.78, 5) is 32.9. The van der Waals surface area contributed by atoms with Gasteiger partial charge in [-0.05, 0) is 94.7 Å². The predicted molar refractivity (Wildman–Crippen MR) is 162 cm³/mol. The van der Waals surface area contributed by atoms with Crippen LogP contribution < -0.4 is 24.4 Å². The molecule has 40 heavy (non-hydrogen) atoms. The van der Waals surface area contributed by atoms with Crippen LogP contribution in [-0.4, -0.2) is 31.4 Å². The van der Waals surface area contributed by atoms with Crippen LogP contribution in [0.1, 0.15) is 74.8 Å². The first kappa shape index (κ1) is 29.8. The number of rotatable bonds is 9. The summed E-state index contributed by atoms with van der Waals surface area (Å²) in [5.74, 6) is 1.27. The van der Waals surface area contributed by atoms with E-state index in [1.54, 1.807) is 25.7 Å². The van der Waals surface area contributed by atoms with Gasteiger partial charge in [-0.3, -0.25) is 9.36 Å². The third-order valence-electron chi connectivity index (χ3n) is 6.91. The lowest BCUT2D eigenvalue weighted by molar-refractivity contribution is -0.139. The van der Waals surface area contributed by atoms with Crippen LogP contribution in [0.5, 0.6) is 11.5 Å². The van der Waals surface area contributed by atoms with Crippen molar-refractivity contribution in [1.29, 1.82) is 0 Å². The molecule has 1 aromatic heterocycles. The second-order valence-electron chi connectivity index (χ2n) is 9.91. The number of methoxy groups -OCH3 is 2. The number of thiazole rings is 1. The number of aryl methyl sites for hydroxylation is 1. The fourth-order valence-corrected chi connectivity index (χ4v) is 6.50. The lowest BCUT2D eigenvalue weighted by Crippen LogP contribution is -2.40. The van der Waals surface area contributed by atoms with E-state index in [0.29, 0.717) is 32.8 Å². The highest BCUT2D eigenvalue weighted by Crippen LogP contribution is 2.36. The number of ether oxygens (including phenoxy) is 3. The number of fused-ring (bicyclic) bond motifs is 1. The van der Waals surface area contributed by atoms with Crippen LogP contribution in [0.4, 0.5) is 0 Å². The molecule has 2 heterocycles. The summed E-state index contributed by atoms with van der Waals surface area (Å²) in [7, 11) is 3.27. The highest BCUT2D eigenvalue weighted by Gasteiger charge is 2.34. The monoisotopic (exact) mass is 626 g/mol. The third kappa shape index (κ3) is 5.67. The Hall–Kier alpha value is -3.17. The van der Waals surface area contributed by atoms with Crippen molar-refractivity contribution in [1.82, 2.24) is 4.57 Å². The number of nitrogens with zero attached hydrogens (tertiary/aromatic N) is 2. The molecule has 0 unspecified atom stereocenters. The van der Waals surface area contributed by atoms with Crippen molar-refractivity contribution >= 4 is 39.3 Å². The zero-order chi connectivity index (χ0) is 29.1. The van der Waals surface area contributed by atoms with E-state index < -0.39 is 12.0 Å². The SMILES string of the molecule is CCCC1=C(C(=O)OCC)[C@H](c2ccc(OC)c(Br)c2)n2c(s/c(=C/c3cc(C(C)C)c(OC)cc3C)c2=O)=N1. The van der Waals surface area contributed by atoms with Crippen LogP contribution in [0.2, 0.25) is 0 Å². The molecule has 0 saturated heterocycles. The van der Waals surface area contributed by atoms with Gasteiger partial charge in [0.25, 0.3) is 5.56 Å². The average molecular weight is 628 g/mol. The molecule has 4 rings (SSSR count). The average Bonchev–Trinajstić information content (AvgIpc) is 3.23. The van der Waals surface area contributed by atoms with Gasteiger partial charge in [0.2, 0.25) is 0 Å². The minimum atomic E-state index is -0.690. The Bertz CT molecular complexity index is 1650. The molecule has 0 radical (unpaired) electrons. The van der Waals surface area contributed by atoms with Crippen molar-refractivity contribution in [3.63, 3.8) is 0 Å². The Balaban J connectivity index is 2.01. The fourth-order valence-electron chi connectivity index (χ4n) is 4.93. The lowest BCUT2D eigenvalue weighted by atomic mass is 9.94. The Morgan fingerprint density at radius 3 is 2.48 bits per heavy atom. The number of allylic oxidation sites excluding steroid dienone is 1. The van der Waals surface area contributed by atoms with Gasteiger partial charge in [-0.15, -0.1) is 0 Å². The second kappa shape index (κ2) is 12.6. The normalized spacial score (nSPS) is 15.2. The largest absolute Gasteiger partial charge is 0.496 e. The standard InChI is InChI=1S/C31H35BrN2O5S/c1-8-10-23-27(30(36)39-9-2)28(19-11-12-24(37-6)22(32)15-19)34-29(35)26(40-31(34)33-23)16-20-14-21(17(3)4)25(38-7)13-18(20)5/h11-17,28H,8-10H2,1-7H3/b26-16+/t28-/m0/s1. The van der Waals surface area contributed by atoms with E-state index in [1.165, 1.54) is 11.3 Å². The summed E-state index contributed by atoms with van der Waals surface area (Å²) in [6.45, 7) is 10.3. The molecule has 9 heteroatoms. The number of benzene rings is 2. The highest BCUT2D eigenvalue weighted by atomic mass is 79.9. The van der Waals surface area contributed by atoms with Gasteiger partial charge in [0, 0.05) is 0 Å². The maximum atomic E-state index is 14.1. The summed E-state index contributed by atoms with van der Waals surface area (Å²) >= 11 is 4.90. The number of hydrogen-bond acceptors (Lipinski definition) is 7. The molecule has 0 fully saturated rings. The third-order valence-corrected chi connectivity index (χ3v) is 8.51. The number of halogens is 1. The second-order valence-corrected chi connectivity index (χ2v) is 11.8. The molecule has 0 amide bonds. The molecule has 1 aliphatic heterocycles. The van der Waals surface area contributed by atoms with Gasteiger partial charge in [0.05, 0.1) is 47.1 Å². The fraction of sp³-hybridized carbons (Fsp3) is 0.387. The number of hydrogen-bond donors (Lipinski definition) is 0. The van der Waals surface area contributed by atoms with E-state index in [1.807, 2.05) is 44.2 Å². The number of esters is 1. The first-order valence-corrected chi connectivity index (χ1v) is 15.0. The predicted octanol–water partition coefficient (Wildman–Crippen LogP) is 5.79. The summed E-state index contributed by atoms with van der Waals surface area (Å²) < 4.78 is 19.4. The van der Waals surface area contributed by atoms with E-state index in [9.17, 15) is 9.59 Å². The minimum absolute atomic E-state index is 0.209. The van der Waals surface area contributed by atoms with Crippen LogP contribution in [0, 0.1) is 6.92 Å². The Labute approximate surface area is 246 Å². The Morgan fingerprint density at radius 1 is 1.15 bits per heavy atom. The van der Waals surface area contributed by atoms with Crippen molar-refractivity contribution in [3.8, 4) is 11.5 Å². The molecule has 7 nitrogen and oxygen atoms in total. The first-order chi connectivity index (χ1) is 19.1. The van der Waals surface area contributed by atoms with Gasteiger partial charge in [0.15, 0.2) is 4.80 Å². The summed E-state index contributed by atoms with van der Waals surface area (Å²) in [6, 6.07) is 8.99. The molecule has 1 aliphatic rings. The first-order valence-electron chi connectivity index (χ1n) is 13.4. The van der Waals surface area contributed by atoms with Crippen molar-refractivity contribution in [2.24, 2.45) is 4.99 Å². The maximum absolute atomic E-state index is 14.1. The summed E-state index contributed by atoms with van der Waals surface area (Å²) in [5.41, 5.74) is 4.60. The van der Waals surface area contributed by atoms with Crippen LogP contribution in [0.25, 0.3) is 6.08 Å². The molecule has 212 valence electrons. The van der Waals surface area contributed by atoms with E-state index in [-0.39, 0.29) is 18.1 Å². The summed E-state index contributed by atoms with van der Waals surface area (Å²) in [5, 5.41) is 0. The van der Waals surface area contributed by atoms with E-state index in [2.05, 4.69) is 35.8 Å².